The zero-order valence-corrected chi connectivity index (χ0v) is 15.4. The van der Waals surface area contributed by atoms with E-state index in [4.69, 9.17) is 9.47 Å². The van der Waals surface area contributed by atoms with Crippen molar-refractivity contribution in [3.63, 3.8) is 0 Å². The van der Waals surface area contributed by atoms with Gasteiger partial charge >= 0.3 is 0 Å². The van der Waals surface area contributed by atoms with E-state index in [1.54, 1.807) is 13.3 Å². The van der Waals surface area contributed by atoms with Crippen molar-refractivity contribution in [2.75, 3.05) is 7.11 Å². The smallest absolute Gasteiger partial charge is 0.224 e. The molecular weight excluding hydrogens is 340 g/mol. The first-order chi connectivity index (χ1) is 13.1. The molecular formula is C22H22N2O3. The van der Waals surface area contributed by atoms with Crippen LogP contribution in [0.4, 0.5) is 0 Å². The van der Waals surface area contributed by atoms with Gasteiger partial charge in [-0.05, 0) is 48.9 Å². The van der Waals surface area contributed by atoms with Crippen LogP contribution in [0.25, 0.3) is 0 Å². The third kappa shape index (κ3) is 5.31. The summed E-state index contributed by atoms with van der Waals surface area (Å²) in [5.74, 6) is 2.15. The van der Waals surface area contributed by atoms with Crippen LogP contribution in [-0.4, -0.2) is 18.0 Å². The van der Waals surface area contributed by atoms with Gasteiger partial charge in [-0.2, -0.15) is 0 Å². The number of ether oxygens (including phenoxy) is 2. The van der Waals surface area contributed by atoms with Gasteiger partial charge in [0.25, 0.3) is 0 Å². The number of nitrogens with one attached hydrogen (secondary N) is 1. The zero-order valence-electron chi connectivity index (χ0n) is 15.4. The molecule has 0 aliphatic heterocycles. The Morgan fingerprint density at radius 1 is 0.963 bits per heavy atom. The fourth-order valence-corrected chi connectivity index (χ4v) is 2.62. The lowest BCUT2D eigenvalue weighted by molar-refractivity contribution is -0.121. The summed E-state index contributed by atoms with van der Waals surface area (Å²) in [6, 6.07) is 20.6. The number of aromatic nitrogens is 1. The van der Waals surface area contributed by atoms with Crippen molar-refractivity contribution in [3.8, 4) is 17.2 Å². The van der Waals surface area contributed by atoms with Crippen LogP contribution in [0.1, 0.15) is 24.2 Å². The molecule has 3 rings (SSSR count). The second kappa shape index (κ2) is 8.85. The summed E-state index contributed by atoms with van der Waals surface area (Å²) in [5, 5.41) is 2.96. The molecule has 0 saturated carbocycles. The maximum atomic E-state index is 12.3. The van der Waals surface area contributed by atoms with Gasteiger partial charge in [-0.1, -0.05) is 30.3 Å². The number of nitrogens with zero attached hydrogens (tertiary/aromatic N) is 1. The molecule has 3 aromatic rings. The lowest BCUT2D eigenvalue weighted by atomic mass is 10.1. The number of rotatable bonds is 7. The molecule has 0 unspecified atom stereocenters. The number of amides is 1. The van der Waals surface area contributed by atoms with E-state index >= 15 is 0 Å². The Bertz CT molecular complexity index is 862. The topological polar surface area (TPSA) is 60.5 Å². The van der Waals surface area contributed by atoms with Gasteiger partial charge in [0.1, 0.15) is 17.2 Å². The van der Waals surface area contributed by atoms with Crippen LogP contribution in [0.15, 0.2) is 72.9 Å². The van der Waals surface area contributed by atoms with Crippen molar-refractivity contribution < 1.29 is 14.3 Å². The Hall–Kier alpha value is -3.34. The lowest BCUT2D eigenvalue weighted by Gasteiger charge is -2.14. The van der Waals surface area contributed by atoms with E-state index < -0.39 is 0 Å². The van der Waals surface area contributed by atoms with Crippen LogP contribution < -0.4 is 14.8 Å². The number of pyridine rings is 1. The molecule has 2 aromatic carbocycles. The Morgan fingerprint density at radius 2 is 1.63 bits per heavy atom. The fourth-order valence-electron chi connectivity index (χ4n) is 2.62. The molecule has 1 heterocycles. The highest BCUT2D eigenvalue weighted by molar-refractivity contribution is 5.79. The van der Waals surface area contributed by atoms with Gasteiger partial charge < -0.3 is 14.8 Å². The van der Waals surface area contributed by atoms with Crippen LogP contribution in [-0.2, 0) is 11.2 Å². The van der Waals surface area contributed by atoms with Crippen molar-refractivity contribution in [3.05, 3.63) is 84.2 Å². The molecule has 5 heteroatoms. The SMILES string of the molecule is COc1ccc([C@@H](C)NC(=O)Cc2ccc(Oc3ccccc3)cc2)nc1. The molecule has 1 amide bonds. The molecule has 0 radical (unpaired) electrons. The quantitative estimate of drug-likeness (QED) is 0.681. The molecule has 1 atom stereocenters. The third-order valence-electron chi connectivity index (χ3n) is 4.08. The van der Waals surface area contributed by atoms with Gasteiger partial charge in [-0.25, -0.2) is 0 Å². The first-order valence-electron chi connectivity index (χ1n) is 8.75. The van der Waals surface area contributed by atoms with Crippen molar-refractivity contribution >= 4 is 5.91 Å². The van der Waals surface area contributed by atoms with E-state index in [1.165, 1.54) is 0 Å². The van der Waals surface area contributed by atoms with E-state index in [0.29, 0.717) is 12.2 Å². The highest BCUT2D eigenvalue weighted by Gasteiger charge is 2.11. The molecule has 27 heavy (non-hydrogen) atoms. The second-order valence-electron chi connectivity index (χ2n) is 6.15. The van der Waals surface area contributed by atoms with Crippen LogP contribution in [0.2, 0.25) is 0 Å². The highest BCUT2D eigenvalue weighted by atomic mass is 16.5. The minimum absolute atomic E-state index is 0.0585. The monoisotopic (exact) mass is 362 g/mol. The van der Waals surface area contributed by atoms with Gasteiger partial charge in [-0.3, -0.25) is 9.78 Å². The number of carbonyl (C=O) groups is 1. The van der Waals surface area contributed by atoms with Crippen molar-refractivity contribution in [1.82, 2.24) is 10.3 Å². The predicted molar refractivity (Wildman–Crippen MR) is 104 cm³/mol. The van der Waals surface area contributed by atoms with E-state index in [-0.39, 0.29) is 11.9 Å². The molecule has 0 bridgehead atoms. The molecule has 0 aliphatic rings. The second-order valence-corrected chi connectivity index (χ2v) is 6.15. The van der Waals surface area contributed by atoms with E-state index in [9.17, 15) is 4.79 Å². The molecule has 5 nitrogen and oxygen atoms in total. The zero-order chi connectivity index (χ0) is 19.1. The summed E-state index contributed by atoms with van der Waals surface area (Å²) < 4.78 is 10.9. The Labute approximate surface area is 159 Å². The number of para-hydroxylation sites is 1. The number of carbonyl (C=O) groups excluding carboxylic acids is 1. The lowest BCUT2D eigenvalue weighted by Crippen LogP contribution is -2.28. The van der Waals surface area contributed by atoms with Crippen LogP contribution in [0.5, 0.6) is 17.2 Å². The summed E-state index contributed by atoms with van der Waals surface area (Å²) in [6.07, 6.45) is 1.94. The first kappa shape index (κ1) is 18.5. The highest BCUT2D eigenvalue weighted by Crippen LogP contribution is 2.21. The van der Waals surface area contributed by atoms with Gasteiger partial charge in [0.15, 0.2) is 0 Å². The third-order valence-corrected chi connectivity index (χ3v) is 4.08. The average Bonchev–Trinajstić information content (AvgIpc) is 2.70. The van der Waals surface area contributed by atoms with Crippen molar-refractivity contribution in [2.45, 2.75) is 19.4 Å². The van der Waals surface area contributed by atoms with Crippen LogP contribution >= 0.6 is 0 Å². The molecule has 0 fully saturated rings. The largest absolute Gasteiger partial charge is 0.495 e. The van der Waals surface area contributed by atoms with Gasteiger partial charge in [0.05, 0.1) is 31.5 Å². The number of hydrogen-bond acceptors (Lipinski definition) is 4. The molecule has 0 aliphatic carbocycles. The van der Waals surface area contributed by atoms with Gasteiger partial charge in [-0.15, -0.1) is 0 Å². The average molecular weight is 362 g/mol. The van der Waals surface area contributed by atoms with Crippen LogP contribution in [0.3, 0.4) is 0 Å². The number of methoxy groups -OCH3 is 1. The summed E-state index contributed by atoms with van der Waals surface area (Å²) in [6.45, 7) is 1.91. The summed E-state index contributed by atoms with van der Waals surface area (Å²) in [5.41, 5.74) is 1.71. The van der Waals surface area contributed by atoms with Crippen molar-refractivity contribution in [2.24, 2.45) is 0 Å². The van der Waals surface area contributed by atoms with Gasteiger partial charge in [0.2, 0.25) is 5.91 Å². The van der Waals surface area contributed by atoms with Crippen molar-refractivity contribution in [1.29, 1.82) is 0 Å². The first-order valence-corrected chi connectivity index (χ1v) is 8.75. The standard InChI is InChI=1S/C22H22N2O3/c1-16(21-13-12-20(26-2)15-23-21)24-22(25)14-17-8-10-19(11-9-17)27-18-6-4-3-5-7-18/h3-13,15-16H,14H2,1-2H3,(H,24,25)/t16-/m1/s1. The normalized spacial score (nSPS) is 11.5. The fraction of sp³-hybridized carbons (Fsp3) is 0.182. The van der Waals surface area contributed by atoms with E-state index in [2.05, 4.69) is 10.3 Å². The van der Waals surface area contributed by atoms with E-state index in [1.807, 2.05) is 73.7 Å². The maximum absolute atomic E-state index is 12.3. The molecule has 138 valence electrons. The summed E-state index contributed by atoms with van der Waals surface area (Å²) in [4.78, 5) is 16.6. The van der Waals surface area contributed by atoms with Crippen LogP contribution in [0, 0.1) is 0 Å². The molecule has 1 aromatic heterocycles. The van der Waals surface area contributed by atoms with Gasteiger partial charge in [0, 0.05) is 0 Å². The predicted octanol–water partition coefficient (Wildman–Crippen LogP) is 4.30. The maximum Gasteiger partial charge on any atom is 0.224 e. The molecule has 0 spiro atoms. The summed E-state index contributed by atoms with van der Waals surface area (Å²) in [7, 11) is 1.60. The minimum Gasteiger partial charge on any atom is -0.495 e. The number of hydrogen-bond donors (Lipinski definition) is 1. The van der Waals surface area contributed by atoms with E-state index in [0.717, 1.165) is 22.8 Å². The molecule has 1 N–H and O–H groups in total. The Morgan fingerprint density at radius 3 is 2.26 bits per heavy atom. The Kier molecular flexibility index (Phi) is 6.05. The summed E-state index contributed by atoms with van der Waals surface area (Å²) >= 11 is 0. The Balaban J connectivity index is 1.54. The molecule has 0 saturated heterocycles. The number of benzene rings is 2. The minimum atomic E-state index is -0.177.